The van der Waals surface area contributed by atoms with E-state index in [1.807, 2.05) is 36.4 Å². The van der Waals surface area contributed by atoms with E-state index in [-0.39, 0.29) is 18.5 Å². The Bertz CT molecular complexity index is 487. The molecular weight excluding hydrogens is 260 g/mol. The number of rotatable bonds is 5. The van der Waals surface area contributed by atoms with Gasteiger partial charge in [-0.1, -0.05) is 48.5 Å². The highest BCUT2D eigenvalue weighted by Gasteiger charge is 2.13. The largest absolute Gasteiger partial charge is 0.485 e. The zero-order valence-corrected chi connectivity index (χ0v) is 11.9. The Kier molecular flexibility index (Phi) is 6.40. The summed E-state index contributed by atoms with van der Waals surface area (Å²) in [6.45, 7) is 2.67. The molecule has 2 aromatic rings. The Morgan fingerprint density at radius 3 is 2.26 bits per heavy atom. The average Bonchev–Trinajstić information content (AvgIpc) is 2.42. The van der Waals surface area contributed by atoms with E-state index in [2.05, 4.69) is 25.1 Å². The minimum Gasteiger partial charge on any atom is -0.485 e. The SMILES string of the molecule is Cc1ccccc1O[14C@H](CCN)c1ccccc1.Cl. The summed E-state index contributed by atoms with van der Waals surface area (Å²) in [4.78, 5) is 0. The lowest BCUT2D eigenvalue weighted by atomic mass is 10.2. The lowest BCUT2D eigenvalue weighted by molar-refractivity contribution is 0.196. The van der Waals surface area contributed by atoms with Crippen molar-refractivity contribution < 1.29 is 4.74 Å². The maximum atomic E-state index is 6.09. The lowest BCUT2D eigenvalue weighted by Gasteiger charge is -2.20. The van der Waals surface area contributed by atoms with Crippen LogP contribution in [-0.2, 0) is 0 Å². The summed E-state index contributed by atoms with van der Waals surface area (Å²) in [5.74, 6) is 0.930. The molecule has 0 radical (unpaired) electrons. The first-order valence-electron chi connectivity index (χ1n) is 6.28. The number of para-hydroxylation sites is 1. The first-order chi connectivity index (χ1) is 8.81. The molecule has 0 saturated heterocycles. The highest BCUT2D eigenvalue weighted by molar-refractivity contribution is 5.85. The van der Waals surface area contributed by atoms with Crippen molar-refractivity contribution in [1.82, 2.24) is 0 Å². The summed E-state index contributed by atoms with van der Waals surface area (Å²) in [6, 6.07) is 18.3. The summed E-state index contributed by atoms with van der Waals surface area (Å²) >= 11 is 0. The van der Waals surface area contributed by atoms with Crippen molar-refractivity contribution in [3.8, 4) is 5.75 Å². The second-order valence-electron chi connectivity index (χ2n) is 4.36. The number of nitrogens with two attached hydrogens (primary N) is 1. The number of ether oxygens (including phenoxy) is 1. The van der Waals surface area contributed by atoms with Gasteiger partial charge < -0.3 is 10.5 Å². The highest BCUT2D eigenvalue weighted by atomic mass is 35.5. The van der Waals surface area contributed by atoms with Gasteiger partial charge in [0.2, 0.25) is 0 Å². The molecule has 0 fully saturated rings. The molecule has 0 aliphatic heterocycles. The van der Waals surface area contributed by atoms with Crippen LogP contribution in [0.5, 0.6) is 5.75 Å². The first-order valence-corrected chi connectivity index (χ1v) is 6.28. The molecule has 0 bridgehead atoms. The van der Waals surface area contributed by atoms with Gasteiger partial charge >= 0.3 is 0 Å². The number of halogens is 1. The first kappa shape index (κ1) is 15.5. The standard InChI is InChI=1S/C16H19NO.ClH/c1-13-7-5-6-10-15(13)18-16(11-12-17)14-8-3-2-4-9-14;/h2-10,16H,11-12,17H2,1H3;1H/t16-;/m1./s1/i16+2;. The van der Waals surface area contributed by atoms with Crippen LogP contribution in [0, 0.1) is 6.92 Å². The quantitative estimate of drug-likeness (QED) is 0.901. The van der Waals surface area contributed by atoms with E-state index in [0.29, 0.717) is 6.54 Å². The van der Waals surface area contributed by atoms with Gasteiger partial charge in [0, 0.05) is 6.42 Å². The second-order valence-corrected chi connectivity index (χ2v) is 4.36. The summed E-state index contributed by atoms with van der Waals surface area (Å²) in [5.41, 5.74) is 8.00. The third kappa shape index (κ3) is 4.27. The topological polar surface area (TPSA) is 35.2 Å². The van der Waals surface area contributed by atoms with Crippen LogP contribution in [0.3, 0.4) is 0 Å². The van der Waals surface area contributed by atoms with Crippen molar-refractivity contribution in [3.05, 3.63) is 65.7 Å². The van der Waals surface area contributed by atoms with Crippen LogP contribution in [-0.4, -0.2) is 6.54 Å². The molecule has 1 atom stereocenters. The third-order valence-corrected chi connectivity index (χ3v) is 2.96. The van der Waals surface area contributed by atoms with E-state index in [1.165, 1.54) is 5.56 Å². The van der Waals surface area contributed by atoms with Gasteiger partial charge in [-0.05, 0) is 30.7 Å². The molecule has 19 heavy (non-hydrogen) atoms. The van der Waals surface area contributed by atoms with Gasteiger partial charge in [0.15, 0.2) is 0 Å². The zero-order valence-electron chi connectivity index (χ0n) is 11.1. The number of hydrogen-bond acceptors (Lipinski definition) is 2. The molecular formula is C16H20ClNO. The van der Waals surface area contributed by atoms with Crippen LogP contribution in [0.4, 0.5) is 0 Å². The van der Waals surface area contributed by atoms with E-state index in [9.17, 15) is 0 Å². The third-order valence-electron chi connectivity index (χ3n) is 2.96. The smallest absolute Gasteiger partial charge is 0.125 e. The fraction of sp³-hybridized carbons (Fsp3) is 0.250. The number of hydrogen-bond donors (Lipinski definition) is 1. The summed E-state index contributed by atoms with van der Waals surface area (Å²) in [5, 5.41) is 0. The molecule has 102 valence electrons. The van der Waals surface area contributed by atoms with Crippen molar-refractivity contribution in [2.45, 2.75) is 19.4 Å². The van der Waals surface area contributed by atoms with E-state index in [0.717, 1.165) is 17.7 Å². The minimum absolute atomic E-state index is 0. The monoisotopic (exact) mass is 279 g/mol. The van der Waals surface area contributed by atoms with Gasteiger partial charge in [-0.3, -0.25) is 0 Å². The van der Waals surface area contributed by atoms with Crippen LogP contribution in [0.2, 0.25) is 0 Å². The molecule has 2 rings (SSSR count). The van der Waals surface area contributed by atoms with E-state index < -0.39 is 0 Å². The maximum Gasteiger partial charge on any atom is 0.125 e. The number of benzene rings is 2. The molecule has 0 spiro atoms. The number of aryl methyl sites for hydroxylation is 1. The summed E-state index contributed by atoms with van der Waals surface area (Å²) < 4.78 is 6.09. The second kappa shape index (κ2) is 7.82. The Balaban J connectivity index is 0.00000180. The fourth-order valence-electron chi connectivity index (χ4n) is 1.95. The van der Waals surface area contributed by atoms with Crippen molar-refractivity contribution in [2.75, 3.05) is 6.54 Å². The Morgan fingerprint density at radius 1 is 1.00 bits per heavy atom. The highest BCUT2D eigenvalue weighted by Crippen LogP contribution is 2.26. The molecule has 0 aliphatic carbocycles. The molecule has 0 aromatic heterocycles. The van der Waals surface area contributed by atoms with E-state index in [4.69, 9.17) is 10.5 Å². The molecule has 2 nitrogen and oxygen atoms in total. The molecule has 2 aromatic carbocycles. The van der Waals surface area contributed by atoms with Gasteiger partial charge in [-0.15, -0.1) is 12.4 Å². The van der Waals surface area contributed by atoms with Crippen LogP contribution in [0.15, 0.2) is 54.6 Å². The Labute approximate surface area is 121 Å². The molecule has 3 heteroatoms. The van der Waals surface area contributed by atoms with Crippen molar-refractivity contribution in [2.24, 2.45) is 5.73 Å². The molecule has 0 aliphatic rings. The van der Waals surface area contributed by atoms with Crippen LogP contribution >= 0.6 is 12.4 Å². The van der Waals surface area contributed by atoms with Gasteiger partial charge in [0.05, 0.1) is 0 Å². The maximum absolute atomic E-state index is 6.09. The Morgan fingerprint density at radius 2 is 1.63 bits per heavy atom. The lowest BCUT2D eigenvalue weighted by Crippen LogP contribution is -2.13. The van der Waals surface area contributed by atoms with Crippen LogP contribution < -0.4 is 10.5 Å². The molecule has 0 saturated carbocycles. The van der Waals surface area contributed by atoms with Gasteiger partial charge in [0.25, 0.3) is 0 Å². The van der Waals surface area contributed by atoms with Gasteiger partial charge in [-0.25, -0.2) is 0 Å². The average molecular weight is 280 g/mol. The van der Waals surface area contributed by atoms with Crippen LogP contribution in [0.1, 0.15) is 23.7 Å². The zero-order chi connectivity index (χ0) is 12.8. The summed E-state index contributed by atoms with van der Waals surface area (Å²) in [7, 11) is 0. The van der Waals surface area contributed by atoms with Crippen molar-refractivity contribution in [3.63, 3.8) is 0 Å². The van der Waals surface area contributed by atoms with Crippen molar-refractivity contribution >= 4 is 12.4 Å². The van der Waals surface area contributed by atoms with E-state index >= 15 is 0 Å². The molecule has 0 amide bonds. The molecule has 2 N–H and O–H groups in total. The predicted octanol–water partition coefficient (Wildman–Crippen LogP) is 3.89. The normalized spacial score (nSPS) is 11.5. The Hall–Kier alpha value is -1.51. The predicted molar refractivity (Wildman–Crippen MR) is 81.9 cm³/mol. The van der Waals surface area contributed by atoms with Gasteiger partial charge in [0.1, 0.15) is 11.9 Å². The van der Waals surface area contributed by atoms with Crippen LogP contribution in [0.25, 0.3) is 0 Å². The van der Waals surface area contributed by atoms with Gasteiger partial charge in [-0.2, -0.15) is 0 Å². The minimum atomic E-state index is 0. The summed E-state index contributed by atoms with van der Waals surface area (Å²) in [6.07, 6.45) is 0.843. The fourth-order valence-corrected chi connectivity index (χ4v) is 1.95. The molecule has 0 heterocycles. The van der Waals surface area contributed by atoms with Crippen molar-refractivity contribution in [1.29, 1.82) is 0 Å². The molecule has 0 unspecified atom stereocenters. The van der Waals surface area contributed by atoms with E-state index in [1.54, 1.807) is 0 Å².